The molecule has 1 heterocycles. The maximum atomic E-state index is 12.5. The number of nitrogens with zero attached hydrogens (tertiary/aromatic N) is 2. The second-order valence-corrected chi connectivity index (χ2v) is 8.11. The minimum Gasteiger partial charge on any atom is -0.489 e. The zero-order valence-electron chi connectivity index (χ0n) is 17.6. The SMILES string of the molecule is CCn1ccc(CNC(=O)c2cccc(COc3ccc(C(C)(C)C)cc3)c2)n1. The number of nitrogens with one attached hydrogen (secondary N) is 1. The Kier molecular flexibility index (Phi) is 6.37. The Morgan fingerprint density at radius 3 is 2.52 bits per heavy atom. The third kappa shape index (κ3) is 5.70. The van der Waals surface area contributed by atoms with Gasteiger partial charge in [-0.15, -0.1) is 0 Å². The summed E-state index contributed by atoms with van der Waals surface area (Å²) in [4.78, 5) is 12.5. The van der Waals surface area contributed by atoms with Crippen molar-refractivity contribution in [2.45, 2.75) is 52.8 Å². The van der Waals surface area contributed by atoms with Crippen molar-refractivity contribution in [1.82, 2.24) is 15.1 Å². The molecule has 3 rings (SSSR count). The van der Waals surface area contributed by atoms with Gasteiger partial charge >= 0.3 is 0 Å². The van der Waals surface area contributed by atoms with Crippen molar-refractivity contribution >= 4 is 5.91 Å². The molecule has 0 spiro atoms. The molecule has 0 atom stereocenters. The van der Waals surface area contributed by atoms with Crippen LogP contribution in [-0.4, -0.2) is 15.7 Å². The number of hydrogen-bond acceptors (Lipinski definition) is 3. The summed E-state index contributed by atoms with van der Waals surface area (Å²) in [6.45, 7) is 10.2. The van der Waals surface area contributed by atoms with Crippen molar-refractivity contribution in [1.29, 1.82) is 0 Å². The van der Waals surface area contributed by atoms with E-state index >= 15 is 0 Å². The van der Waals surface area contributed by atoms with Gasteiger partial charge in [-0.2, -0.15) is 5.10 Å². The standard InChI is InChI=1S/C24H29N3O2/c1-5-27-14-13-21(26-27)16-25-23(28)19-8-6-7-18(15-19)17-29-22-11-9-20(10-12-22)24(2,3)4/h6-15H,5,16-17H2,1-4H3,(H,25,28). The lowest BCUT2D eigenvalue weighted by Crippen LogP contribution is -2.23. The molecule has 5 nitrogen and oxygen atoms in total. The highest BCUT2D eigenvalue weighted by Gasteiger charge is 2.13. The van der Waals surface area contributed by atoms with Crippen LogP contribution in [-0.2, 0) is 25.1 Å². The Morgan fingerprint density at radius 2 is 1.86 bits per heavy atom. The Labute approximate surface area is 172 Å². The number of rotatable bonds is 7. The summed E-state index contributed by atoms with van der Waals surface area (Å²) in [7, 11) is 0. The summed E-state index contributed by atoms with van der Waals surface area (Å²) in [5, 5.41) is 7.30. The molecule has 0 aliphatic carbocycles. The summed E-state index contributed by atoms with van der Waals surface area (Å²) in [5.74, 6) is 0.701. The first-order valence-electron chi connectivity index (χ1n) is 9.98. The highest BCUT2D eigenvalue weighted by molar-refractivity contribution is 5.94. The smallest absolute Gasteiger partial charge is 0.251 e. The fourth-order valence-corrected chi connectivity index (χ4v) is 2.97. The molecule has 1 aromatic heterocycles. The van der Waals surface area contributed by atoms with Crippen LogP contribution in [0, 0.1) is 0 Å². The van der Waals surface area contributed by atoms with E-state index in [4.69, 9.17) is 4.74 Å². The fraction of sp³-hybridized carbons (Fsp3) is 0.333. The molecular formula is C24H29N3O2. The molecule has 0 saturated carbocycles. The predicted octanol–water partition coefficient (Wildman–Crippen LogP) is 4.71. The van der Waals surface area contributed by atoms with Crippen molar-refractivity contribution in [2.24, 2.45) is 0 Å². The van der Waals surface area contributed by atoms with Gasteiger partial charge in [0, 0.05) is 18.3 Å². The van der Waals surface area contributed by atoms with E-state index in [2.05, 4.69) is 43.3 Å². The number of hydrogen-bond donors (Lipinski definition) is 1. The summed E-state index contributed by atoms with van der Waals surface area (Å²) in [5.41, 5.74) is 3.80. The van der Waals surface area contributed by atoms with Gasteiger partial charge in [-0.1, -0.05) is 45.0 Å². The minimum atomic E-state index is -0.118. The van der Waals surface area contributed by atoms with Gasteiger partial charge in [-0.05, 0) is 53.8 Å². The third-order valence-corrected chi connectivity index (χ3v) is 4.76. The van der Waals surface area contributed by atoms with Gasteiger partial charge in [-0.3, -0.25) is 9.48 Å². The van der Waals surface area contributed by atoms with Crippen LogP contribution in [0.25, 0.3) is 0 Å². The van der Waals surface area contributed by atoms with Crippen molar-refractivity contribution in [3.63, 3.8) is 0 Å². The molecule has 2 aromatic carbocycles. The van der Waals surface area contributed by atoms with Crippen LogP contribution >= 0.6 is 0 Å². The van der Waals surface area contributed by atoms with Gasteiger partial charge in [-0.25, -0.2) is 0 Å². The molecule has 29 heavy (non-hydrogen) atoms. The van der Waals surface area contributed by atoms with Gasteiger partial charge in [0.05, 0.1) is 12.2 Å². The van der Waals surface area contributed by atoms with Gasteiger partial charge in [0.25, 0.3) is 5.91 Å². The van der Waals surface area contributed by atoms with E-state index in [1.807, 2.05) is 60.3 Å². The van der Waals surface area contributed by atoms with E-state index in [-0.39, 0.29) is 11.3 Å². The Hall–Kier alpha value is -3.08. The molecule has 0 aliphatic heterocycles. The molecule has 5 heteroatoms. The quantitative estimate of drug-likeness (QED) is 0.635. The molecule has 0 saturated heterocycles. The van der Waals surface area contributed by atoms with E-state index in [1.165, 1.54) is 5.56 Å². The number of amides is 1. The van der Waals surface area contributed by atoms with Crippen LogP contribution in [0.4, 0.5) is 0 Å². The fourth-order valence-electron chi connectivity index (χ4n) is 2.97. The largest absolute Gasteiger partial charge is 0.489 e. The molecule has 0 unspecified atom stereocenters. The van der Waals surface area contributed by atoms with Crippen LogP contribution in [0.3, 0.4) is 0 Å². The Morgan fingerprint density at radius 1 is 1.10 bits per heavy atom. The molecule has 0 aliphatic rings. The first-order chi connectivity index (χ1) is 13.8. The van der Waals surface area contributed by atoms with Gasteiger partial charge in [0.15, 0.2) is 0 Å². The molecule has 0 bridgehead atoms. The molecule has 1 N–H and O–H groups in total. The highest BCUT2D eigenvalue weighted by Crippen LogP contribution is 2.24. The lowest BCUT2D eigenvalue weighted by atomic mass is 9.87. The van der Waals surface area contributed by atoms with Crippen LogP contribution in [0.5, 0.6) is 5.75 Å². The second-order valence-electron chi connectivity index (χ2n) is 8.11. The van der Waals surface area contributed by atoms with Gasteiger partial charge in [0.1, 0.15) is 12.4 Å². The maximum absolute atomic E-state index is 12.5. The lowest BCUT2D eigenvalue weighted by Gasteiger charge is -2.19. The Bertz CT molecular complexity index is 953. The number of carbonyl (C=O) groups is 1. The number of aryl methyl sites for hydroxylation is 1. The average Bonchev–Trinajstić information content (AvgIpc) is 3.18. The van der Waals surface area contributed by atoms with Gasteiger partial charge < -0.3 is 10.1 Å². The molecule has 3 aromatic rings. The highest BCUT2D eigenvalue weighted by atomic mass is 16.5. The van der Waals surface area contributed by atoms with E-state index in [0.717, 1.165) is 23.6 Å². The van der Waals surface area contributed by atoms with Crippen molar-refractivity contribution in [3.05, 3.63) is 83.2 Å². The van der Waals surface area contributed by atoms with Crippen LogP contribution < -0.4 is 10.1 Å². The monoisotopic (exact) mass is 391 g/mol. The first-order valence-corrected chi connectivity index (χ1v) is 9.98. The summed E-state index contributed by atoms with van der Waals surface area (Å²) >= 11 is 0. The van der Waals surface area contributed by atoms with E-state index in [1.54, 1.807) is 0 Å². The Balaban J connectivity index is 1.56. The lowest BCUT2D eigenvalue weighted by molar-refractivity contribution is 0.0950. The summed E-state index contributed by atoms with van der Waals surface area (Å²) in [6.07, 6.45) is 1.91. The number of benzene rings is 2. The van der Waals surface area contributed by atoms with Gasteiger partial charge in [0.2, 0.25) is 0 Å². The molecule has 152 valence electrons. The minimum absolute atomic E-state index is 0.118. The maximum Gasteiger partial charge on any atom is 0.251 e. The van der Waals surface area contributed by atoms with Crippen molar-refractivity contribution in [2.75, 3.05) is 0 Å². The predicted molar refractivity (Wildman–Crippen MR) is 115 cm³/mol. The van der Waals surface area contributed by atoms with Crippen LogP contribution in [0.2, 0.25) is 0 Å². The van der Waals surface area contributed by atoms with Crippen molar-refractivity contribution in [3.8, 4) is 5.75 Å². The molecule has 0 radical (unpaired) electrons. The number of carbonyl (C=O) groups excluding carboxylic acids is 1. The summed E-state index contributed by atoms with van der Waals surface area (Å²) in [6, 6.07) is 17.6. The number of aromatic nitrogens is 2. The zero-order valence-corrected chi connectivity index (χ0v) is 17.6. The zero-order chi connectivity index (χ0) is 20.9. The van der Waals surface area contributed by atoms with E-state index < -0.39 is 0 Å². The second kappa shape index (κ2) is 8.95. The number of ether oxygens (including phenoxy) is 1. The van der Waals surface area contributed by atoms with E-state index in [0.29, 0.717) is 18.7 Å². The normalized spacial score (nSPS) is 11.3. The topological polar surface area (TPSA) is 56.2 Å². The molecule has 1 amide bonds. The average molecular weight is 392 g/mol. The summed E-state index contributed by atoms with van der Waals surface area (Å²) < 4.78 is 7.74. The van der Waals surface area contributed by atoms with Crippen LogP contribution in [0.1, 0.15) is 54.9 Å². The molecule has 0 fully saturated rings. The first kappa shape index (κ1) is 20.6. The van der Waals surface area contributed by atoms with Crippen LogP contribution in [0.15, 0.2) is 60.8 Å². The van der Waals surface area contributed by atoms with E-state index in [9.17, 15) is 4.79 Å². The third-order valence-electron chi connectivity index (χ3n) is 4.76. The molecular weight excluding hydrogens is 362 g/mol. The van der Waals surface area contributed by atoms with Crippen molar-refractivity contribution < 1.29 is 9.53 Å².